The highest BCUT2D eigenvalue weighted by Crippen LogP contribution is 2.30. The maximum atomic E-state index is 14.4. The Labute approximate surface area is 399 Å². The lowest BCUT2D eigenvalue weighted by molar-refractivity contribution is -0.148. The number of benzene rings is 1. The van der Waals surface area contributed by atoms with E-state index in [-0.39, 0.29) is 84.8 Å². The van der Waals surface area contributed by atoms with Crippen LogP contribution in [0.5, 0.6) is 0 Å². The third-order valence-electron chi connectivity index (χ3n) is 13.5. The number of carbonyl (C=O) groups excluding carboxylic acids is 7. The van der Waals surface area contributed by atoms with Gasteiger partial charge in [0.15, 0.2) is 0 Å². The second kappa shape index (κ2) is 27.3. The van der Waals surface area contributed by atoms with E-state index < -0.39 is 48.3 Å². The molecule has 2 aliphatic rings. The van der Waals surface area contributed by atoms with E-state index in [0.717, 1.165) is 0 Å². The molecule has 0 spiro atoms. The molecule has 2 heterocycles. The van der Waals surface area contributed by atoms with Gasteiger partial charge in [0, 0.05) is 53.6 Å². The molecular formula is C50H82N8O9. The SMILES string of the molecule is CC[C@H](C)[C@@H]([C@@H](CC(=O)N1CCC[C@H]1[C@H](OC)[C@@H](C)C(=O)N[C@H](C)/C(=N/NC(=O)CCCCCN1C(=O)CCC1=O)c1ccccc1)OC)N(C)C(=O)[C@@H](NC(=O)[C@H](C(C)C)N(C)C)C(C)C. The highest BCUT2D eigenvalue weighted by molar-refractivity contribution is 6.06. The number of amides is 7. The van der Waals surface area contributed by atoms with Gasteiger partial charge in [-0.1, -0.05) is 91.6 Å². The Morgan fingerprint density at radius 2 is 1.48 bits per heavy atom. The summed E-state index contributed by atoms with van der Waals surface area (Å²) in [4.78, 5) is 99.6. The highest BCUT2D eigenvalue weighted by atomic mass is 16.5. The second-order valence-corrected chi connectivity index (χ2v) is 19.4. The Morgan fingerprint density at radius 1 is 0.836 bits per heavy atom. The number of unbranched alkanes of at least 4 members (excludes halogenated alkanes) is 2. The number of hydrogen-bond acceptors (Lipinski definition) is 11. The van der Waals surface area contributed by atoms with Crippen molar-refractivity contribution in [2.45, 2.75) is 162 Å². The molecular weight excluding hydrogens is 857 g/mol. The van der Waals surface area contributed by atoms with Gasteiger partial charge in [-0.05, 0) is 70.0 Å². The monoisotopic (exact) mass is 939 g/mol. The molecule has 3 N–H and O–H groups in total. The molecule has 67 heavy (non-hydrogen) atoms. The fourth-order valence-corrected chi connectivity index (χ4v) is 9.63. The van der Waals surface area contributed by atoms with Crippen LogP contribution in [-0.4, -0.2) is 158 Å². The Bertz CT molecular complexity index is 1820. The molecule has 376 valence electrons. The van der Waals surface area contributed by atoms with Crippen LogP contribution in [0, 0.1) is 23.7 Å². The van der Waals surface area contributed by atoms with E-state index in [1.54, 1.807) is 44.9 Å². The Balaban J connectivity index is 1.72. The molecule has 1 aromatic carbocycles. The summed E-state index contributed by atoms with van der Waals surface area (Å²) in [5, 5.41) is 10.6. The topological polar surface area (TPSA) is 199 Å². The largest absolute Gasteiger partial charge is 0.379 e. The third-order valence-corrected chi connectivity index (χ3v) is 13.5. The number of likely N-dealkylation sites (tertiary alicyclic amines) is 2. The molecule has 0 unspecified atom stereocenters. The normalized spacial score (nSPS) is 19.2. The van der Waals surface area contributed by atoms with Crippen LogP contribution < -0.4 is 16.1 Å². The first kappa shape index (κ1) is 56.6. The van der Waals surface area contributed by atoms with Gasteiger partial charge in [-0.3, -0.25) is 43.4 Å². The number of carbonyl (C=O) groups is 7. The average molecular weight is 939 g/mol. The first-order valence-electron chi connectivity index (χ1n) is 24.3. The quantitative estimate of drug-likeness (QED) is 0.0493. The average Bonchev–Trinajstić information content (AvgIpc) is 3.90. The summed E-state index contributed by atoms with van der Waals surface area (Å²) in [7, 11) is 8.51. The molecule has 1 aromatic rings. The van der Waals surface area contributed by atoms with Gasteiger partial charge in [0.25, 0.3) is 0 Å². The lowest BCUT2D eigenvalue weighted by Gasteiger charge is -2.41. The summed E-state index contributed by atoms with van der Waals surface area (Å²) >= 11 is 0. The number of nitrogens with zero attached hydrogens (tertiary/aromatic N) is 5. The number of methoxy groups -OCH3 is 2. The van der Waals surface area contributed by atoms with Crippen molar-refractivity contribution in [1.82, 2.24) is 35.7 Å². The summed E-state index contributed by atoms with van der Waals surface area (Å²) in [6.07, 6.45) is 3.28. The maximum Gasteiger partial charge on any atom is 0.245 e. The van der Waals surface area contributed by atoms with Gasteiger partial charge in [-0.2, -0.15) is 5.10 Å². The molecule has 17 nitrogen and oxygen atoms in total. The van der Waals surface area contributed by atoms with Crippen LogP contribution in [0.3, 0.4) is 0 Å². The summed E-state index contributed by atoms with van der Waals surface area (Å²) < 4.78 is 12.1. The number of hydrogen-bond donors (Lipinski definition) is 3. The summed E-state index contributed by atoms with van der Waals surface area (Å²) in [5.41, 5.74) is 3.81. The van der Waals surface area contributed by atoms with Crippen LogP contribution in [0.4, 0.5) is 0 Å². The standard InChI is InChI=1S/C50H82N8O9/c1-14-33(6)46(56(11)50(65)43(31(2)3)52-49(64)45(32(4)5)55(9)10)38(66-12)30-42(62)57-29-21-24-37(57)47(67-13)34(7)48(63)51-35(8)44(36-22-17-15-18-23-36)54-53-39(59)25-19-16-20-28-58-40(60)26-27-41(58)61/h15,17-18,22-23,31-35,37-38,43,45-47H,14,16,19-21,24-30H2,1-13H3,(H,51,63)(H,52,64)(H,53,59)/b54-44-/t33-,34+,35+,37-,38+,43-,45-,46-,47+/m0/s1. The van der Waals surface area contributed by atoms with Crippen molar-refractivity contribution in [2.24, 2.45) is 28.8 Å². The zero-order valence-electron chi connectivity index (χ0n) is 42.6. The van der Waals surface area contributed by atoms with E-state index >= 15 is 0 Å². The Hall–Kier alpha value is -4.74. The second-order valence-electron chi connectivity index (χ2n) is 19.4. The van der Waals surface area contributed by atoms with Gasteiger partial charge in [-0.25, -0.2) is 5.43 Å². The number of hydrazone groups is 1. The predicted octanol–water partition coefficient (Wildman–Crippen LogP) is 4.37. The van der Waals surface area contributed by atoms with Gasteiger partial charge in [0.1, 0.15) is 6.04 Å². The molecule has 2 saturated heterocycles. The number of likely N-dealkylation sites (N-methyl/N-ethyl adjacent to an activating group) is 2. The number of imide groups is 1. The first-order valence-corrected chi connectivity index (χ1v) is 24.3. The van der Waals surface area contributed by atoms with Crippen LogP contribution in [0.15, 0.2) is 35.4 Å². The molecule has 3 rings (SSSR count). The zero-order valence-corrected chi connectivity index (χ0v) is 42.6. The van der Waals surface area contributed by atoms with E-state index in [1.807, 2.05) is 90.9 Å². The molecule has 0 bridgehead atoms. The van der Waals surface area contributed by atoms with Gasteiger partial charge >= 0.3 is 0 Å². The summed E-state index contributed by atoms with van der Waals surface area (Å²) in [6.45, 7) is 16.2. The minimum atomic E-state index is -0.788. The third kappa shape index (κ3) is 15.6. The number of rotatable bonds is 27. The van der Waals surface area contributed by atoms with Crippen LogP contribution >= 0.6 is 0 Å². The van der Waals surface area contributed by atoms with Crippen molar-refractivity contribution in [1.29, 1.82) is 0 Å². The highest BCUT2D eigenvalue weighted by Gasteiger charge is 2.43. The zero-order chi connectivity index (χ0) is 50.1. The van der Waals surface area contributed by atoms with E-state index in [1.165, 1.54) is 4.90 Å². The van der Waals surface area contributed by atoms with E-state index in [2.05, 4.69) is 21.2 Å². The lowest BCUT2D eigenvalue weighted by atomic mass is 9.89. The molecule has 0 aliphatic carbocycles. The lowest BCUT2D eigenvalue weighted by Crippen LogP contribution is -2.59. The van der Waals surface area contributed by atoms with Gasteiger partial charge in [0.2, 0.25) is 41.4 Å². The fourth-order valence-electron chi connectivity index (χ4n) is 9.63. The molecule has 0 radical (unpaired) electrons. The molecule has 2 fully saturated rings. The Kier molecular flexibility index (Phi) is 23.1. The molecule has 7 amide bonds. The van der Waals surface area contributed by atoms with Gasteiger partial charge < -0.3 is 29.9 Å². The summed E-state index contributed by atoms with van der Waals surface area (Å²) in [5.74, 6) is -2.46. The van der Waals surface area contributed by atoms with Crippen molar-refractivity contribution in [3.63, 3.8) is 0 Å². The van der Waals surface area contributed by atoms with Crippen molar-refractivity contribution in [3.05, 3.63) is 35.9 Å². The van der Waals surface area contributed by atoms with E-state index in [0.29, 0.717) is 62.9 Å². The van der Waals surface area contributed by atoms with Crippen molar-refractivity contribution < 1.29 is 43.0 Å². The number of nitrogens with one attached hydrogen (secondary N) is 3. The molecule has 17 heteroatoms. The minimum absolute atomic E-state index is 0.00826. The van der Waals surface area contributed by atoms with Crippen molar-refractivity contribution >= 4 is 47.1 Å². The van der Waals surface area contributed by atoms with Crippen molar-refractivity contribution in [3.8, 4) is 0 Å². The van der Waals surface area contributed by atoms with Crippen molar-refractivity contribution in [2.75, 3.05) is 48.5 Å². The maximum absolute atomic E-state index is 14.4. The molecule has 2 aliphatic heterocycles. The predicted molar refractivity (Wildman–Crippen MR) is 258 cm³/mol. The number of ether oxygens (including phenoxy) is 2. The van der Waals surface area contributed by atoms with E-state index in [4.69, 9.17) is 9.47 Å². The molecule has 9 atom stereocenters. The van der Waals surface area contributed by atoms with Crippen LogP contribution in [0.25, 0.3) is 0 Å². The van der Waals surface area contributed by atoms with Gasteiger partial charge in [-0.15, -0.1) is 0 Å². The van der Waals surface area contributed by atoms with E-state index in [9.17, 15) is 33.6 Å². The summed E-state index contributed by atoms with van der Waals surface area (Å²) in [6, 6.07) is 6.53. The fraction of sp³-hybridized carbons (Fsp3) is 0.720. The van der Waals surface area contributed by atoms with Crippen LogP contribution in [-0.2, 0) is 43.0 Å². The van der Waals surface area contributed by atoms with Crippen LogP contribution in [0.1, 0.15) is 125 Å². The molecule has 0 saturated carbocycles. The smallest absolute Gasteiger partial charge is 0.245 e. The first-order chi connectivity index (χ1) is 31.7. The van der Waals surface area contributed by atoms with Crippen LogP contribution in [0.2, 0.25) is 0 Å². The van der Waals surface area contributed by atoms with Gasteiger partial charge in [0.05, 0.1) is 54.4 Å². The Morgan fingerprint density at radius 3 is 2.03 bits per heavy atom. The minimum Gasteiger partial charge on any atom is -0.379 e. The molecule has 0 aromatic heterocycles.